The lowest BCUT2D eigenvalue weighted by atomic mass is 9.73. The summed E-state index contributed by atoms with van der Waals surface area (Å²) < 4.78 is 0. The summed E-state index contributed by atoms with van der Waals surface area (Å²) in [6, 6.07) is 0.194. The van der Waals surface area contributed by atoms with Gasteiger partial charge in [-0.05, 0) is 49.5 Å². The Morgan fingerprint density at radius 1 is 1.25 bits per heavy atom. The summed E-state index contributed by atoms with van der Waals surface area (Å²) in [6.45, 7) is 7.76. The molecular formula is C14H23NO. The van der Waals surface area contributed by atoms with E-state index in [4.69, 9.17) is 0 Å². The molecule has 1 aliphatic heterocycles. The number of likely N-dealkylation sites (N-methyl/N-ethyl adjacent to an activating group) is 1. The van der Waals surface area contributed by atoms with E-state index < -0.39 is 0 Å². The minimum Gasteiger partial charge on any atom is -0.298 e. The maximum absolute atomic E-state index is 11.7. The van der Waals surface area contributed by atoms with E-state index in [1.54, 1.807) is 6.92 Å². The van der Waals surface area contributed by atoms with Crippen molar-refractivity contribution in [3.05, 3.63) is 0 Å². The molecule has 2 atom stereocenters. The number of likely N-dealkylation sites (tertiary alicyclic amines) is 1. The topological polar surface area (TPSA) is 20.3 Å². The number of carbonyl (C=O) groups is 1. The molecule has 2 spiro atoms. The molecule has 16 heavy (non-hydrogen) atoms. The van der Waals surface area contributed by atoms with Crippen molar-refractivity contribution in [3.63, 3.8) is 0 Å². The van der Waals surface area contributed by atoms with Crippen LogP contribution in [-0.4, -0.2) is 30.3 Å². The number of fused-ring (bicyclic) bond motifs is 1. The smallest absolute Gasteiger partial charge is 0.146 e. The fourth-order valence-electron chi connectivity index (χ4n) is 5.23. The van der Waals surface area contributed by atoms with Gasteiger partial charge in [-0.3, -0.25) is 9.69 Å². The van der Waals surface area contributed by atoms with Gasteiger partial charge in [0.25, 0.3) is 0 Å². The summed E-state index contributed by atoms with van der Waals surface area (Å²) in [5, 5.41) is 0. The highest BCUT2D eigenvalue weighted by atomic mass is 16.1. The Hall–Kier alpha value is -0.370. The van der Waals surface area contributed by atoms with Gasteiger partial charge in [0, 0.05) is 6.54 Å². The van der Waals surface area contributed by atoms with Crippen molar-refractivity contribution in [1.29, 1.82) is 0 Å². The van der Waals surface area contributed by atoms with Gasteiger partial charge in [-0.15, -0.1) is 0 Å². The van der Waals surface area contributed by atoms with Crippen LogP contribution in [0, 0.1) is 16.2 Å². The zero-order chi connectivity index (χ0) is 11.8. The van der Waals surface area contributed by atoms with Crippen LogP contribution in [0.15, 0.2) is 0 Å². The van der Waals surface area contributed by atoms with Crippen LogP contribution in [0.2, 0.25) is 0 Å². The number of nitrogens with zero attached hydrogens (tertiary/aromatic N) is 1. The maximum atomic E-state index is 11.7. The Morgan fingerprint density at radius 3 is 2.19 bits per heavy atom. The van der Waals surface area contributed by atoms with Gasteiger partial charge in [-0.2, -0.15) is 0 Å². The Balaban J connectivity index is 1.91. The van der Waals surface area contributed by atoms with Gasteiger partial charge in [-0.1, -0.05) is 20.3 Å². The van der Waals surface area contributed by atoms with Gasteiger partial charge >= 0.3 is 0 Å². The highest BCUT2D eigenvalue weighted by Crippen LogP contribution is 2.88. The molecule has 1 unspecified atom stereocenters. The summed E-state index contributed by atoms with van der Waals surface area (Å²) in [4.78, 5) is 14.0. The standard InChI is InChI=1S/C14H23NO/c1-10(16)11-8-14(9-15(11)4)12(2,3)13(14)6-5-7-13/h11H,5-9H2,1-4H3/t11?,14-/m0/s1. The zero-order valence-corrected chi connectivity index (χ0v) is 11.0. The second kappa shape index (κ2) is 2.72. The van der Waals surface area contributed by atoms with Gasteiger partial charge in [0.2, 0.25) is 0 Å². The molecule has 3 fully saturated rings. The van der Waals surface area contributed by atoms with E-state index in [-0.39, 0.29) is 6.04 Å². The first-order chi connectivity index (χ1) is 7.38. The van der Waals surface area contributed by atoms with E-state index in [0.29, 0.717) is 22.0 Å². The van der Waals surface area contributed by atoms with Crippen LogP contribution in [0.3, 0.4) is 0 Å². The van der Waals surface area contributed by atoms with Gasteiger partial charge in [-0.25, -0.2) is 0 Å². The first-order valence-corrected chi connectivity index (χ1v) is 6.59. The predicted molar refractivity (Wildman–Crippen MR) is 64.2 cm³/mol. The maximum Gasteiger partial charge on any atom is 0.146 e. The number of carbonyl (C=O) groups excluding carboxylic acids is 1. The highest BCUT2D eigenvalue weighted by molar-refractivity contribution is 5.82. The molecule has 0 aromatic rings. The summed E-state index contributed by atoms with van der Waals surface area (Å²) in [5.41, 5.74) is 1.53. The highest BCUT2D eigenvalue weighted by Gasteiger charge is 2.84. The molecule has 0 radical (unpaired) electrons. The second-order valence-electron chi connectivity index (χ2n) is 6.89. The third kappa shape index (κ3) is 0.848. The fourth-order valence-corrected chi connectivity index (χ4v) is 5.23. The van der Waals surface area contributed by atoms with Crippen molar-refractivity contribution in [1.82, 2.24) is 4.90 Å². The minimum atomic E-state index is 0.194. The Morgan fingerprint density at radius 2 is 1.88 bits per heavy atom. The lowest BCUT2D eigenvalue weighted by Gasteiger charge is -2.32. The summed E-state index contributed by atoms with van der Waals surface area (Å²) in [6.07, 6.45) is 5.32. The van der Waals surface area contributed by atoms with Gasteiger partial charge in [0.05, 0.1) is 6.04 Å². The van der Waals surface area contributed by atoms with Crippen LogP contribution in [0.1, 0.15) is 46.5 Å². The van der Waals surface area contributed by atoms with E-state index in [0.717, 1.165) is 13.0 Å². The molecule has 0 amide bonds. The van der Waals surface area contributed by atoms with Crippen molar-refractivity contribution in [3.8, 4) is 0 Å². The zero-order valence-electron chi connectivity index (χ0n) is 11.0. The van der Waals surface area contributed by atoms with Crippen LogP contribution >= 0.6 is 0 Å². The average Bonchev–Trinajstić information content (AvgIpc) is 2.38. The molecule has 2 aliphatic carbocycles. The summed E-state index contributed by atoms with van der Waals surface area (Å²) >= 11 is 0. The lowest BCUT2D eigenvalue weighted by molar-refractivity contribution is -0.120. The molecule has 0 aromatic heterocycles. The van der Waals surface area contributed by atoms with Gasteiger partial charge in [0.15, 0.2) is 0 Å². The number of hydrogen-bond donors (Lipinski definition) is 0. The molecule has 1 heterocycles. The molecule has 2 heteroatoms. The normalized spacial score (nSPS) is 43.6. The number of rotatable bonds is 1. The van der Waals surface area contributed by atoms with Gasteiger partial charge < -0.3 is 0 Å². The molecule has 3 aliphatic rings. The van der Waals surface area contributed by atoms with Crippen molar-refractivity contribution in [2.45, 2.75) is 52.5 Å². The number of hydrogen-bond acceptors (Lipinski definition) is 2. The first-order valence-electron chi connectivity index (χ1n) is 6.59. The van der Waals surface area contributed by atoms with E-state index in [2.05, 4.69) is 25.8 Å². The van der Waals surface area contributed by atoms with Crippen LogP contribution in [0.4, 0.5) is 0 Å². The van der Waals surface area contributed by atoms with E-state index in [9.17, 15) is 4.79 Å². The molecule has 0 aromatic carbocycles. The minimum absolute atomic E-state index is 0.194. The van der Waals surface area contributed by atoms with Crippen LogP contribution in [0.5, 0.6) is 0 Å². The van der Waals surface area contributed by atoms with E-state index in [1.807, 2.05) is 0 Å². The van der Waals surface area contributed by atoms with E-state index in [1.165, 1.54) is 19.3 Å². The fraction of sp³-hybridized carbons (Fsp3) is 0.929. The van der Waals surface area contributed by atoms with Crippen LogP contribution < -0.4 is 0 Å². The third-order valence-corrected chi connectivity index (χ3v) is 6.52. The molecule has 1 saturated heterocycles. The van der Waals surface area contributed by atoms with Crippen LogP contribution in [-0.2, 0) is 4.79 Å². The quantitative estimate of drug-likeness (QED) is 0.678. The van der Waals surface area contributed by atoms with E-state index >= 15 is 0 Å². The molecule has 0 bridgehead atoms. The lowest BCUT2D eigenvalue weighted by Crippen LogP contribution is -2.31. The number of ketones is 1. The predicted octanol–water partition coefficient (Wildman–Crippen LogP) is 2.48. The molecule has 0 N–H and O–H groups in total. The SMILES string of the molecule is CC(=O)C1C[C@]2(CN1C)C(C)(C)C21CCC1. The second-order valence-corrected chi connectivity index (χ2v) is 6.89. The molecular weight excluding hydrogens is 198 g/mol. The van der Waals surface area contributed by atoms with Gasteiger partial charge in [0.1, 0.15) is 5.78 Å². The molecule has 90 valence electrons. The summed E-state index contributed by atoms with van der Waals surface area (Å²) in [5.74, 6) is 0.358. The largest absolute Gasteiger partial charge is 0.298 e. The Labute approximate surface area is 98.4 Å². The van der Waals surface area contributed by atoms with Crippen molar-refractivity contribution in [2.75, 3.05) is 13.6 Å². The number of Topliss-reactive ketones (excluding diaryl/α,β-unsaturated/α-hetero) is 1. The van der Waals surface area contributed by atoms with Crippen LogP contribution in [0.25, 0.3) is 0 Å². The van der Waals surface area contributed by atoms with Crippen molar-refractivity contribution < 1.29 is 4.79 Å². The molecule has 2 saturated carbocycles. The van der Waals surface area contributed by atoms with Crippen molar-refractivity contribution >= 4 is 5.78 Å². The first kappa shape index (κ1) is 10.8. The summed E-state index contributed by atoms with van der Waals surface area (Å²) in [7, 11) is 2.13. The van der Waals surface area contributed by atoms with Crippen molar-refractivity contribution in [2.24, 2.45) is 16.2 Å². The monoisotopic (exact) mass is 221 g/mol. The average molecular weight is 221 g/mol. The Bertz CT molecular complexity index is 356. The molecule has 3 rings (SSSR count). The Kier molecular flexibility index (Phi) is 1.83. The third-order valence-electron chi connectivity index (χ3n) is 6.52. The molecule has 2 nitrogen and oxygen atoms in total.